The Morgan fingerprint density at radius 3 is 2.09 bits per heavy atom. The molecule has 0 saturated carbocycles. The van der Waals surface area contributed by atoms with E-state index in [1.807, 2.05) is 31.2 Å². The van der Waals surface area contributed by atoms with Gasteiger partial charge < -0.3 is 24.3 Å². The molecular weight excluding hydrogens is 436 g/mol. The van der Waals surface area contributed by atoms with E-state index in [1.54, 1.807) is 27.9 Å². The van der Waals surface area contributed by atoms with E-state index in [1.165, 1.54) is 26.0 Å². The minimum absolute atomic E-state index is 0.185. The molecule has 0 aliphatic rings. The lowest BCUT2D eigenvalue weighted by atomic mass is 10.1. The average molecular weight is 471 g/mol. The Morgan fingerprint density at radius 1 is 1.00 bits per heavy atom. The molecule has 0 heterocycles. The zero-order valence-corrected chi connectivity index (χ0v) is 20.5. The number of amides is 1. The third-order valence-corrected chi connectivity index (χ3v) is 5.64. The van der Waals surface area contributed by atoms with Crippen LogP contribution in [0.25, 0.3) is 0 Å². The average Bonchev–Trinajstić information content (AvgIpc) is 2.74. The highest BCUT2D eigenvalue weighted by atomic mass is 32.2. The van der Waals surface area contributed by atoms with E-state index in [-0.39, 0.29) is 11.0 Å². The summed E-state index contributed by atoms with van der Waals surface area (Å²) in [5.41, 5.74) is 0.267. The molecule has 0 radical (unpaired) electrons. The van der Waals surface area contributed by atoms with Gasteiger partial charge in [-0.3, -0.25) is 10.1 Å². The molecule has 0 aliphatic carbocycles. The van der Waals surface area contributed by atoms with Gasteiger partial charge in [0.25, 0.3) is 0 Å². The van der Waals surface area contributed by atoms with Crippen molar-refractivity contribution in [3.63, 3.8) is 0 Å². The minimum atomic E-state index is -0.929. The second-order valence-corrected chi connectivity index (χ2v) is 9.40. The van der Waals surface area contributed by atoms with Gasteiger partial charge in [0.05, 0.1) is 21.3 Å². The van der Waals surface area contributed by atoms with Gasteiger partial charge in [0, 0.05) is 17.5 Å². The van der Waals surface area contributed by atoms with Gasteiger partial charge in [-0.05, 0) is 38.5 Å². The predicted octanol–water partition coefficient (Wildman–Crippen LogP) is 2.51. The van der Waals surface area contributed by atoms with Crippen molar-refractivity contribution in [2.24, 2.45) is 0 Å². The normalized spacial score (nSPS) is 14.0. The van der Waals surface area contributed by atoms with Crippen LogP contribution in [0.1, 0.15) is 33.3 Å². The first kappa shape index (κ1) is 27.6. The smallest absolute Gasteiger partial charge is 0.408 e. The summed E-state index contributed by atoms with van der Waals surface area (Å²) in [5, 5.41) is 5.45. The maximum atomic E-state index is 12.3. The lowest BCUT2D eigenvalue weighted by Crippen LogP contribution is -2.47. The number of hydrogen-bond donors (Lipinski definition) is 2. The molecule has 1 aromatic carbocycles. The molecule has 2 N–H and O–H groups in total. The van der Waals surface area contributed by atoms with Crippen LogP contribution in [0, 0.1) is 0 Å². The molecule has 1 rings (SSSR count). The number of rotatable bonds is 11. The number of methoxy groups -OCH3 is 3. The first-order valence-corrected chi connectivity index (χ1v) is 11.2. The molecule has 1 amide bonds. The Balaban J connectivity index is 2.76. The second-order valence-electron chi connectivity index (χ2n) is 7.99. The fourth-order valence-corrected chi connectivity index (χ4v) is 3.76. The van der Waals surface area contributed by atoms with Gasteiger partial charge in [-0.15, -0.1) is 0 Å². The number of carbonyl (C=O) groups is 3. The Hall–Kier alpha value is -2.46. The zero-order valence-electron chi connectivity index (χ0n) is 19.7. The topological polar surface area (TPSA) is 112 Å². The van der Waals surface area contributed by atoms with Gasteiger partial charge in [-0.1, -0.05) is 19.1 Å². The molecule has 0 saturated heterocycles. The van der Waals surface area contributed by atoms with E-state index < -0.39 is 35.7 Å². The van der Waals surface area contributed by atoms with Crippen LogP contribution < -0.4 is 15.4 Å². The van der Waals surface area contributed by atoms with Crippen LogP contribution in [0.3, 0.4) is 0 Å². The molecule has 10 heteroatoms. The van der Waals surface area contributed by atoms with E-state index in [4.69, 9.17) is 18.9 Å². The van der Waals surface area contributed by atoms with E-state index in [2.05, 4.69) is 10.6 Å². The summed E-state index contributed by atoms with van der Waals surface area (Å²) in [6.07, 6.45) is -0.719. The van der Waals surface area contributed by atoms with Gasteiger partial charge in [0.2, 0.25) is 0 Å². The monoisotopic (exact) mass is 470 g/mol. The van der Waals surface area contributed by atoms with Crippen LogP contribution in [0.15, 0.2) is 24.3 Å². The molecule has 0 unspecified atom stereocenters. The van der Waals surface area contributed by atoms with Crippen molar-refractivity contribution < 1.29 is 33.3 Å². The molecule has 1 aromatic rings. The molecular formula is C22H34N2O7S. The maximum Gasteiger partial charge on any atom is 0.408 e. The van der Waals surface area contributed by atoms with E-state index in [0.29, 0.717) is 6.54 Å². The molecule has 32 heavy (non-hydrogen) atoms. The largest absolute Gasteiger partial charge is 0.497 e. The first-order valence-electron chi connectivity index (χ1n) is 10.1. The highest BCUT2D eigenvalue weighted by molar-refractivity contribution is 8.00. The van der Waals surface area contributed by atoms with Crippen LogP contribution >= 0.6 is 11.8 Å². The number of hydrogen-bond acceptors (Lipinski definition) is 9. The van der Waals surface area contributed by atoms with Gasteiger partial charge >= 0.3 is 18.0 Å². The van der Waals surface area contributed by atoms with E-state index in [0.717, 1.165) is 11.3 Å². The fourth-order valence-electron chi connectivity index (χ4n) is 2.64. The molecule has 0 fully saturated rings. The van der Waals surface area contributed by atoms with Crippen LogP contribution in [-0.4, -0.2) is 68.0 Å². The van der Waals surface area contributed by atoms with Crippen molar-refractivity contribution in [2.75, 3.05) is 27.1 Å². The zero-order chi connectivity index (χ0) is 24.3. The Labute approximate surface area is 193 Å². The number of nitrogens with one attached hydrogen (secondary N) is 2. The summed E-state index contributed by atoms with van der Waals surface area (Å²) in [6.45, 7) is 7.46. The summed E-state index contributed by atoms with van der Waals surface area (Å²) in [6, 6.07) is 5.91. The quantitative estimate of drug-likeness (QED) is 0.372. The number of thioether (sulfide) groups is 1. The first-order chi connectivity index (χ1) is 15.0. The second kappa shape index (κ2) is 13.2. The lowest BCUT2D eigenvalue weighted by molar-refractivity contribution is -0.143. The van der Waals surface area contributed by atoms with Crippen molar-refractivity contribution in [2.45, 2.75) is 57.2 Å². The number of esters is 2. The summed E-state index contributed by atoms with van der Waals surface area (Å²) in [5.74, 6) is -0.0942. The minimum Gasteiger partial charge on any atom is -0.497 e. The van der Waals surface area contributed by atoms with Gasteiger partial charge in [-0.25, -0.2) is 9.59 Å². The van der Waals surface area contributed by atoms with Crippen LogP contribution in [0.2, 0.25) is 0 Å². The molecule has 0 bridgehead atoms. The molecule has 180 valence electrons. The lowest BCUT2D eigenvalue weighted by Gasteiger charge is -2.25. The van der Waals surface area contributed by atoms with Gasteiger partial charge in [0.15, 0.2) is 0 Å². The standard InChI is InChI=1S/C22H34N2O7S/c1-14(32-13-17(19(25)29-6)24-21(27)31-22(2,3)4)18(20(26)30-7)23-12-15-8-10-16(28-5)11-9-15/h8-11,14,17-18,23H,12-13H2,1-7H3,(H,24,27)/t14-,17-,18-/m0/s1. The number of ether oxygens (including phenoxy) is 4. The van der Waals surface area contributed by atoms with Crippen LogP contribution in [-0.2, 0) is 30.3 Å². The van der Waals surface area contributed by atoms with Crippen LogP contribution in [0.5, 0.6) is 5.75 Å². The highest BCUT2D eigenvalue weighted by Gasteiger charge is 2.30. The van der Waals surface area contributed by atoms with Crippen LogP contribution in [0.4, 0.5) is 4.79 Å². The maximum absolute atomic E-state index is 12.3. The third-order valence-electron chi connectivity index (χ3n) is 4.31. The summed E-state index contributed by atoms with van der Waals surface area (Å²) in [4.78, 5) is 36.6. The Kier molecular flexibility index (Phi) is 11.3. The summed E-state index contributed by atoms with van der Waals surface area (Å²) in [7, 11) is 4.16. The Morgan fingerprint density at radius 2 is 1.59 bits per heavy atom. The number of alkyl carbamates (subject to hydrolysis) is 1. The molecule has 0 aromatic heterocycles. The SMILES string of the molecule is COC(=O)[C@H](CS[C@@H](C)[C@H](NCc1ccc(OC)cc1)C(=O)OC)NC(=O)OC(C)(C)C. The van der Waals surface area contributed by atoms with Gasteiger partial charge in [0.1, 0.15) is 23.4 Å². The summed E-state index contributed by atoms with van der Waals surface area (Å²) >= 11 is 1.33. The number of benzene rings is 1. The fraction of sp³-hybridized carbons (Fsp3) is 0.591. The summed E-state index contributed by atoms with van der Waals surface area (Å²) < 4.78 is 20.1. The van der Waals surface area contributed by atoms with E-state index in [9.17, 15) is 14.4 Å². The van der Waals surface area contributed by atoms with Crippen molar-refractivity contribution in [1.29, 1.82) is 0 Å². The highest BCUT2D eigenvalue weighted by Crippen LogP contribution is 2.19. The van der Waals surface area contributed by atoms with Gasteiger partial charge in [-0.2, -0.15) is 11.8 Å². The molecule has 9 nitrogen and oxygen atoms in total. The number of carbonyl (C=O) groups excluding carboxylic acids is 3. The van der Waals surface area contributed by atoms with Crippen molar-refractivity contribution in [3.8, 4) is 5.75 Å². The molecule has 0 spiro atoms. The van der Waals surface area contributed by atoms with Crippen molar-refractivity contribution in [3.05, 3.63) is 29.8 Å². The molecule has 3 atom stereocenters. The van der Waals surface area contributed by atoms with Crippen molar-refractivity contribution >= 4 is 29.8 Å². The van der Waals surface area contributed by atoms with Crippen molar-refractivity contribution in [1.82, 2.24) is 10.6 Å². The Bertz CT molecular complexity index is 750. The molecule has 0 aliphatic heterocycles. The third kappa shape index (κ3) is 9.78. The predicted molar refractivity (Wildman–Crippen MR) is 123 cm³/mol. The van der Waals surface area contributed by atoms with E-state index >= 15 is 0 Å².